The number of methoxy groups -OCH3 is 1. The van der Waals surface area contributed by atoms with Crippen LogP contribution in [0.15, 0.2) is 54.6 Å². The van der Waals surface area contributed by atoms with Gasteiger partial charge in [0.15, 0.2) is 0 Å². The molecule has 23 heavy (non-hydrogen) atoms. The highest BCUT2D eigenvalue weighted by molar-refractivity contribution is 5.89. The van der Waals surface area contributed by atoms with Gasteiger partial charge in [0.05, 0.1) is 12.7 Å². The minimum absolute atomic E-state index is 0.293. The molecule has 0 bridgehead atoms. The summed E-state index contributed by atoms with van der Waals surface area (Å²) < 4.78 is 4.74. The summed E-state index contributed by atoms with van der Waals surface area (Å²) in [5, 5.41) is 3.59. The first kappa shape index (κ1) is 15.6. The first-order chi connectivity index (χ1) is 11.3. The molecule has 0 amide bonds. The molecular formula is C19H22N2O2. The van der Waals surface area contributed by atoms with Crippen molar-refractivity contribution in [1.82, 2.24) is 5.32 Å². The van der Waals surface area contributed by atoms with Gasteiger partial charge in [-0.15, -0.1) is 0 Å². The molecule has 0 aromatic heterocycles. The van der Waals surface area contributed by atoms with Crippen molar-refractivity contribution < 1.29 is 9.53 Å². The first-order valence-corrected chi connectivity index (χ1v) is 7.97. The Kier molecular flexibility index (Phi) is 4.93. The summed E-state index contributed by atoms with van der Waals surface area (Å²) in [6.45, 7) is 2.91. The van der Waals surface area contributed by atoms with Gasteiger partial charge in [-0.25, -0.2) is 4.79 Å². The first-order valence-electron chi connectivity index (χ1n) is 7.97. The molecule has 1 heterocycles. The van der Waals surface area contributed by atoms with E-state index in [0.717, 1.165) is 31.7 Å². The van der Waals surface area contributed by atoms with Crippen LogP contribution >= 0.6 is 0 Å². The molecule has 2 aromatic carbocycles. The lowest BCUT2D eigenvalue weighted by Crippen LogP contribution is -2.51. The van der Waals surface area contributed by atoms with Gasteiger partial charge in [-0.2, -0.15) is 0 Å². The Morgan fingerprint density at radius 2 is 1.91 bits per heavy atom. The van der Waals surface area contributed by atoms with Gasteiger partial charge >= 0.3 is 5.97 Å². The van der Waals surface area contributed by atoms with Crippen LogP contribution in [0.4, 0.5) is 5.69 Å². The Bertz CT molecular complexity index is 640. The lowest BCUT2D eigenvalue weighted by Gasteiger charge is -2.35. The molecule has 1 atom stereocenters. The zero-order valence-electron chi connectivity index (χ0n) is 13.4. The quantitative estimate of drug-likeness (QED) is 0.881. The molecule has 1 fully saturated rings. The third kappa shape index (κ3) is 3.90. The second-order valence-corrected chi connectivity index (χ2v) is 5.83. The lowest BCUT2D eigenvalue weighted by atomic mass is 10.0. The number of hydrogen-bond acceptors (Lipinski definition) is 4. The number of carbonyl (C=O) groups is 1. The highest BCUT2D eigenvalue weighted by Crippen LogP contribution is 2.18. The summed E-state index contributed by atoms with van der Waals surface area (Å²) in [6.07, 6.45) is 1.03. The molecule has 0 spiro atoms. The molecule has 4 nitrogen and oxygen atoms in total. The maximum absolute atomic E-state index is 11.5. The van der Waals surface area contributed by atoms with Gasteiger partial charge in [0, 0.05) is 31.4 Å². The molecule has 1 aliphatic rings. The van der Waals surface area contributed by atoms with Crippen molar-refractivity contribution in [3.05, 3.63) is 65.7 Å². The fourth-order valence-corrected chi connectivity index (χ4v) is 3.02. The van der Waals surface area contributed by atoms with E-state index in [4.69, 9.17) is 4.74 Å². The van der Waals surface area contributed by atoms with Crippen LogP contribution in [0.3, 0.4) is 0 Å². The number of nitrogens with zero attached hydrogens (tertiary/aromatic N) is 1. The number of benzene rings is 2. The zero-order valence-corrected chi connectivity index (χ0v) is 13.4. The second-order valence-electron chi connectivity index (χ2n) is 5.83. The molecule has 2 aromatic rings. The standard InChI is InChI=1S/C19H22N2O2/c1-23-19(22)16-7-9-18(10-8-16)21-12-11-20-17(14-21)13-15-5-3-2-4-6-15/h2-10,17,20H,11-14H2,1H3/t17-/m0/s1. The minimum atomic E-state index is -0.293. The van der Waals surface area contributed by atoms with Crippen LogP contribution < -0.4 is 10.2 Å². The van der Waals surface area contributed by atoms with Crippen LogP contribution in [0.1, 0.15) is 15.9 Å². The summed E-state index contributed by atoms with van der Waals surface area (Å²) in [5.41, 5.74) is 3.09. The summed E-state index contributed by atoms with van der Waals surface area (Å²) in [5.74, 6) is -0.293. The molecular weight excluding hydrogens is 288 g/mol. The largest absolute Gasteiger partial charge is 0.465 e. The van der Waals surface area contributed by atoms with E-state index in [9.17, 15) is 4.79 Å². The van der Waals surface area contributed by atoms with E-state index in [-0.39, 0.29) is 5.97 Å². The Labute approximate surface area is 137 Å². The van der Waals surface area contributed by atoms with Gasteiger partial charge < -0.3 is 15.0 Å². The average Bonchev–Trinajstić information content (AvgIpc) is 2.62. The Morgan fingerprint density at radius 1 is 1.17 bits per heavy atom. The Morgan fingerprint density at radius 3 is 2.61 bits per heavy atom. The maximum atomic E-state index is 11.5. The summed E-state index contributed by atoms with van der Waals surface area (Å²) in [4.78, 5) is 13.9. The van der Waals surface area contributed by atoms with Gasteiger partial charge in [-0.05, 0) is 36.2 Å². The number of piperazine rings is 1. The van der Waals surface area contributed by atoms with E-state index >= 15 is 0 Å². The molecule has 4 heteroatoms. The van der Waals surface area contributed by atoms with Crippen LogP contribution in [0, 0.1) is 0 Å². The molecule has 0 aliphatic carbocycles. The van der Waals surface area contributed by atoms with Gasteiger partial charge in [0.1, 0.15) is 0 Å². The number of rotatable bonds is 4. The predicted octanol–water partition coefficient (Wildman–Crippen LogP) is 2.49. The van der Waals surface area contributed by atoms with Crippen molar-refractivity contribution in [1.29, 1.82) is 0 Å². The van der Waals surface area contributed by atoms with Crippen LogP contribution in [0.5, 0.6) is 0 Å². The lowest BCUT2D eigenvalue weighted by molar-refractivity contribution is 0.0601. The van der Waals surface area contributed by atoms with Crippen molar-refractivity contribution in [3.8, 4) is 0 Å². The number of carbonyl (C=O) groups excluding carboxylic acids is 1. The van der Waals surface area contributed by atoms with Crippen molar-refractivity contribution >= 4 is 11.7 Å². The Hall–Kier alpha value is -2.33. The molecule has 0 unspecified atom stereocenters. The van der Waals surface area contributed by atoms with Crippen molar-refractivity contribution in [2.45, 2.75) is 12.5 Å². The highest BCUT2D eigenvalue weighted by Gasteiger charge is 2.20. The fraction of sp³-hybridized carbons (Fsp3) is 0.316. The van der Waals surface area contributed by atoms with Crippen molar-refractivity contribution in [2.75, 3.05) is 31.6 Å². The Balaban J connectivity index is 1.65. The third-order valence-corrected chi connectivity index (χ3v) is 4.23. The molecule has 0 saturated carbocycles. The van der Waals surface area contributed by atoms with E-state index in [1.54, 1.807) is 0 Å². The van der Waals surface area contributed by atoms with E-state index < -0.39 is 0 Å². The minimum Gasteiger partial charge on any atom is -0.465 e. The van der Waals surface area contributed by atoms with Crippen LogP contribution in [0.25, 0.3) is 0 Å². The normalized spacial score (nSPS) is 17.8. The van der Waals surface area contributed by atoms with E-state index in [1.807, 2.05) is 30.3 Å². The van der Waals surface area contributed by atoms with E-state index in [2.05, 4.69) is 34.5 Å². The summed E-state index contributed by atoms with van der Waals surface area (Å²) >= 11 is 0. The van der Waals surface area contributed by atoms with Gasteiger partial charge in [0.25, 0.3) is 0 Å². The van der Waals surface area contributed by atoms with E-state index in [1.165, 1.54) is 12.7 Å². The molecule has 1 N–H and O–H groups in total. The topological polar surface area (TPSA) is 41.6 Å². The summed E-state index contributed by atoms with van der Waals surface area (Å²) in [7, 11) is 1.40. The van der Waals surface area contributed by atoms with Gasteiger partial charge in [-0.3, -0.25) is 0 Å². The van der Waals surface area contributed by atoms with Crippen molar-refractivity contribution in [3.63, 3.8) is 0 Å². The highest BCUT2D eigenvalue weighted by atomic mass is 16.5. The number of hydrogen-bond donors (Lipinski definition) is 1. The van der Waals surface area contributed by atoms with Gasteiger partial charge in [-0.1, -0.05) is 30.3 Å². The van der Waals surface area contributed by atoms with Crippen LogP contribution in [-0.2, 0) is 11.2 Å². The monoisotopic (exact) mass is 310 g/mol. The SMILES string of the molecule is COC(=O)c1ccc(N2CCN[C@@H](Cc3ccccc3)C2)cc1. The predicted molar refractivity (Wildman–Crippen MR) is 91.9 cm³/mol. The van der Waals surface area contributed by atoms with E-state index in [0.29, 0.717) is 11.6 Å². The van der Waals surface area contributed by atoms with Gasteiger partial charge in [0.2, 0.25) is 0 Å². The zero-order chi connectivity index (χ0) is 16.1. The smallest absolute Gasteiger partial charge is 0.337 e. The third-order valence-electron chi connectivity index (χ3n) is 4.23. The number of anilines is 1. The number of ether oxygens (including phenoxy) is 1. The molecule has 1 aliphatic heterocycles. The van der Waals surface area contributed by atoms with Crippen LogP contribution in [0.2, 0.25) is 0 Å². The maximum Gasteiger partial charge on any atom is 0.337 e. The van der Waals surface area contributed by atoms with Crippen molar-refractivity contribution in [2.24, 2.45) is 0 Å². The summed E-state index contributed by atoms with van der Waals surface area (Å²) in [6, 6.07) is 18.7. The number of esters is 1. The fourth-order valence-electron chi connectivity index (χ4n) is 3.02. The molecule has 3 rings (SSSR count). The van der Waals surface area contributed by atoms with Crippen LogP contribution in [-0.4, -0.2) is 38.8 Å². The molecule has 0 radical (unpaired) electrons. The molecule has 120 valence electrons. The average molecular weight is 310 g/mol. The second kappa shape index (κ2) is 7.29. The number of nitrogens with one attached hydrogen (secondary N) is 1. The molecule has 1 saturated heterocycles.